The standard InChI is InChI=1S/C15H13F6N3O2S/c1-13(2,27(25)26)9-4-3-7(14(16,17)18)5-8(9)12-23-6-10(11(22)24-12)15(19,20)21/h3-6,27H,1-2H3,(H2,22,23,24). The molecule has 0 aliphatic carbocycles. The van der Waals surface area contributed by atoms with Gasteiger partial charge in [-0.25, -0.2) is 18.4 Å². The molecule has 0 saturated carbocycles. The van der Waals surface area contributed by atoms with Gasteiger partial charge in [-0.1, -0.05) is 6.07 Å². The van der Waals surface area contributed by atoms with Crippen molar-refractivity contribution < 1.29 is 34.8 Å². The summed E-state index contributed by atoms with van der Waals surface area (Å²) in [6.45, 7) is 2.47. The predicted octanol–water partition coefficient (Wildman–Crippen LogP) is 3.61. The number of alkyl halides is 6. The van der Waals surface area contributed by atoms with Gasteiger partial charge in [-0.05, 0) is 31.5 Å². The maximum absolute atomic E-state index is 13.0. The van der Waals surface area contributed by atoms with Crippen molar-refractivity contribution in [2.45, 2.75) is 30.9 Å². The van der Waals surface area contributed by atoms with Crippen molar-refractivity contribution in [2.75, 3.05) is 5.73 Å². The second-order valence-corrected chi connectivity index (χ2v) is 7.70. The fraction of sp³-hybridized carbons (Fsp3) is 0.333. The second-order valence-electron chi connectivity index (χ2n) is 6.06. The molecule has 2 aromatic rings. The third-order valence-electron chi connectivity index (χ3n) is 3.83. The number of anilines is 1. The van der Waals surface area contributed by atoms with E-state index in [2.05, 4.69) is 9.97 Å². The number of nitrogen functional groups attached to an aromatic ring is 1. The molecular weight excluding hydrogens is 400 g/mol. The van der Waals surface area contributed by atoms with Gasteiger partial charge in [-0.3, -0.25) is 0 Å². The van der Waals surface area contributed by atoms with E-state index in [4.69, 9.17) is 5.73 Å². The third-order valence-corrected chi connectivity index (χ3v) is 4.98. The summed E-state index contributed by atoms with van der Waals surface area (Å²) in [7, 11) is -3.14. The maximum Gasteiger partial charge on any atom is 0.421 e. The normalized spacial score (nSPS) is 13.2. The van der Waals surface area contributed by atoms with E-state index in [9.17, 15) is 34.8 Å². The number of nitrogens with two attached hydrogens (primary N) is 1. The molecule has 0 radical (unpaired) electrons. The highest BCUT2D eigenvalue weighted by atomic mass is 32.2. The van der Waals surface area contributed by atoms with Crippen LogP contribution < -0.4 is 5.73 Å². The Morgan fingerprint density at radius 3 is 2.00 bits per heavy atom. The SMILES string of the molecule is CC(C)(c1ccc(C(F)(F)F)cc1-c1ncc(C(F)(F)F)c(N)n1)[SH](=O)=O. The van der Waals surface area contributed by atoms with Crippen LogP contribution in [0.15, 0.2) is 24.4 Å². The zero-order valence-corrected chi connectivity index (χ0v) is 14.7. The molecule has 0 aliphatic heterocycles. The lowest BCUT2D eigenvalue weighted by molar-refractivity contribution is -0.138. The monoisotopic (exact) mass is 413 g/mol. The van der Waals surface area contributed by atoms with E-state index in [-0.39, 0.29) is 11.1 Å². The van der Waals surface area contributed by atoms with Gasteiger partial charge >= 0.3 is 12.4 Å². The second kappa shape index (κ2) is 6.66. The molecule has 0 fully saturated rings. The van der Waals surface area contributed by atoms with Gasteiger partial charge in [-0.2, -0.15) is 26.3 Å². The van der Waals surface area contributed by atoms with Crippen molar-refractivity contribution in [3.05, 3.63) is 41.1 Å². The van der Waals surface area contributed by atoms with Crippen LogP contribution in [0.3, 0.4) is 0 Å². The maximum atomic E-state index is 13.0. The van der Waals surface area contributed by atoms with Gasteiger partial charge in [0.25, 0.3) is 0 Å². The molecule has 27 heavy (non-hydrogen) atoms. The number of rotatable bonds is 3. The summed E-state index contributed by atoms with van der Waals surface area (Å²) < 4.78 is 98.9. The molecule has 2 N–H and O–H groups in total. The minimum atomic E-state index is -4.85. The number of benzene rings is 1. The van der Waals surface area contributed by atoms with Gasteiger partial charge in [0.2, 0.25) is 0 Å². The predicted molar refractivity (Wildman–Crippen MR) is 85.2 cm³/mol. The molecule has 1 aromatic heterocycles. The molecule has 0 amide bonds. The first-order valence-electron chi connectivity index (χ1n) is 7.22. The van der Waals surface area contributed by atoms with Crippen molar-refractivity contribution in [3.8, 4) is 11.4 Å². The van der Waals surface area contributed by atoms with E-state index >= 15 is 0 Å². The fourth-order valence-electron chi connectivity index (χ4n) is 2.28. The van der Waals surface area contributed by atoms with Crippen LogP contribution in [0.4, 0.5) is 32.2 Å². The highest BCUT2D eigenvalue weighted by Crippen LogP contribution is 2.39. The summed E-state index contributed by atoms with van der Waals surface area (Å²) in [5.41, 5.74) is 2.30. The summed E-state index contributed by atoms with van der Waals surface area (Å²) >= 11 is 0. The highest BCUT2D eigenvalue weighted by Gasteiger charge is 2.37. The van der Waals surface area contributed by atoms with E-state index in [0.29, 0.717) is 18.3 Å². The number of hydrogen-bond acceptors (Lipinski definition) is 5. The van der Waals surface area contributed by atoms with E-state index in [1.807, 2.05) is 0 Å². The molecular formula is C15H13F6N3O2S. The largest absolute Gasteiger partial charge is 0.421 e. The molecule has 0 atom stereocenters. The summed E-state index contributed by atoms with van der Waals surface area (Å²) in [5, 5.41) is 0. The van der Waals surface area contributed by atoms with Gasteiger partial charge in [0.1, 0.15) is 22.1 Å². The molecule has 5 nitrogen and oxygen atoms in total. The Hall–Kier alpha value is -2.37. The average molecular weight is 413 g/mol. The number of hydrogen-bond donors (Lipinski definition) is 2. The Kier molecular flexibility index (Phi) is 5.16. The van der Waals surface area contributed by atoms with Crippen LogP contribution in [0.2, 0.25) is 0 Å². The summed E-state index contributed by atoms with van der Waals surface area (Å²) in [6, 6.07) is 2.19. The summed E-state index contributed by atoms with van der Waals surface area (Å²) in [4.78, 5) is 6.91. The lowest BCUT2D eigenvalue weighted by atomic mass is 9.93. The van der Waals surface area contributed by atoms with Crippen LogP contribution in [0.1, 0.15) is 30.5 Å². The van der Waals surface area contributed by atoms with Crippen molar-refractivity contribution in [1.29, 1.82) is 0 Å². The number of aromatic nitrogens is 2. The van der Waals surface area contributed by atoms with E-state index in [0.717, 1.165) is 6.07 Å². The molecule has 148 valence electrons. The zero-order chi connectivity index (χ0) is 20.8. The third kappa shape index (κ3) is 4.15. The zero-order valence-electron chi connectivity index (χ0n) is 13.8. The topological polar surface area (TPSA) is 85.9 Å². The Morgan fingerprint density at radius 2 is 1.56 bits per heavy atom. The molecule has 1 aromatic carbocycles. The van der Waals surface area contributed by atoms with Gasteiger partial charge in [-0.15, -0.1) is 0 Å². The van der Waals surface area contributed by atoms with Crippen LogP contribution >= 0.6 is 0 Å². The number of thiol groups is 1. The molecule has 0 spiro atoms. The molecule has 0 aliphatic rings. The van der Waals surface area contributed by atoms with Crippen LogP contribution in [0.5, 0.6) is 0 Å². The Balaban J connectivity index is 2.78. The lowest BCUT2D eigenvalue weighted by Crippen LogP contribution is -2.21. The van der Waals surface area contributed by atoms with Crippen molar-refractivity contribution >= 4 is 16.5 Å². The van der Waals surface area contributed by atoms with Crippen molar-refractivity contribution in [3.63, 3.8) is 0 Å². The minimum Gasteiger partial charge on any atom is -0.383 e. The van der Waals surface area contributed by atoms with Gasteiger partial charge in [0.05, 0.1) is 10.3 Å². The van der Waals surface area contributed by atoms with Crippen molar-refractivity contribution in [1.82, 2.24) is 9.97 Å². The van der Waals surface area contributed by atoms with E-state index in [1.165, 1.54) is 13.8 Å². The smallest absolute Gasteiger partial charge is 0.383 e. The van der Waals surface area contributed by atoms with E-state index in [1.54, 1.807) is 0 Å². The molecule has 0 bridgehead atoms. The quantitative estimate of drug-likeness (QED) is 0.593. The first-order chi connectivity index (χ1) is 12.2. The molecule has 12 heteroatoms. The van der Waals surface area contributed by atoms with Crippen LogP contribution in [-0.4, -0.2) is 18.4 Å². The molecule has 0 saturated heterocycles. The van der Waals surface area contributed by atoms with Gasteiger partial charge in [0, 0.05) is 11.8 Å². The number of nitrogens with zero attached hydrogens (tertiary/aromatic N) is 2. The molecule has 1 heterocycles. The first kappa shape index (κ1) is 20.9. The highest BCUT2D eigenvalue weighted by molar-refractivity contribution is 7.73. The van der Waals surface area contributed by atoms with Gasteiger partial charge < -0.3 is 5.73 Å². The molecule has 0 unspecified atom stereocenters. The first-order valence-corrected chi connectivity index (χ1v) is 8.39. The Bertz CT molecular complexity index is 944. The lowest BCUT2D eigenvalue weighted by Gasteiger charge is -2.22. The van der Waals surface area contributed by atoms with Crippen LogP contribution in [0.25, 0.3) is 11.4 Å². The van der Waals surface area contributed by atoms with Gasteiger partial charge in [0.15, 0.2) is 5.82 Å². The fourth-order valence-corrected chi connectivity index (χ4v) is 2.67. The van der Waals surface area contributed by atoms with Crippen LogP contribution in [0, 0.1) is 0 Å². The van der Waals surface area contributed by atoms with Crippen molar-refractivity contribution in [2.24, 2.45) is 0 Å². The molecule has 2 rings (SSSR count). The summed E-state index contributed by atoms with van der Waals surface area (Å²) in [5.74, 6) is -1.54. The Labute approximate surface area is 151 Å². The number of halogens is 6. The minimum absolute atomic E-state index is 0.106. The Morgan fingerprint density at radius 1 is 0.963 bits per heavy atom. The summed E-state index contributed by atoms with van der Waals surface area (Å²) in [6.07, 6.45) is -9.28. The van der Waals surface area contributed by atoms with E-state index < -0.39 is 50.6 Å². The average Bonchev–Trinajstić information content (AvgIpc) is 2.51. The van der Waals surface area contributed by atoms with Crippen LogP contribution in [-0.2, 0) is 27.8 Å².